The molecule has 0 aliphatic carbocycles. The molecular weight excluding hydrogens is 266 g/mol. The van der Waals surface area contributed by atoms with Crippen molar-refractivity contribution in [2.75, 3.05) is 26.4 Å². The number of hydrogen-bond acceptors (Lipinski definition) is 4. The Balaban J connectivity index is 2.61. The summed E-state index contributed by atoms with van der Waals surface area (Å²) < 4.78 is 16.8. The van der Waals surface area contributed by atoms with E-state index in [0.29, 0.717) is 13.2 Å². The van der Waals surface area contributed by atoms with Crippen molar-refractivity contribution in [2.45, 2.75) is 46.1 Å². The molecule has 0 saturated heterocycles. The fraction of sp³-hybridized carbons (Fsp3) is 0.647. The van der Waals surface area contributed by atoms with E-state index in [2.05, 4.69) is 13.0 Å². The molecule has 4 heteroatoms. The van der Waals surface area contributed by atoms with Gasteiger partial charge in [-0.3, -0.25) is 0 Å². The number of hydrogen-bond donors (Lipinski definition) is 1. The number of benzene rings is 1. The first-order valence-corrected chi connectivity index (χ1v) is 7.93. The molecule has 0 spiro atoms. The lowest BCUT2D eigenvalue weighted by atomic mass is 10.0. The van der Waals surface area contributed by atoms with Gasteiger partial charge in [0.05, 0.1) is 13.2 Å². The van der Waals surface area contributed by atoms with Crippen LogP contribution in [0.5, 0.6) is 11.5 Å². The van der Waals surface area contributed by atoms with Gasteiger partial charge in [0, 0.05) is 25.7 Å². The highest BCUT2D eigenvalue weighted by atomic mass is 16.5. The van der Waals surface area contributed by atoms with E-state index in [1.165, 1.54) is 5.56 Å². The van der Waals surface area contributed by atoms with Crippen LogP contribution in [0.25, 0.3) is 0 Å². The van der Waals surface area contributed by atoms with Crippen LogP contribution < -0.4 is 15.2 Å². The first-order valence-electron chi connectivity index (χ1n) is 7.93. The SMILES string of the molecule is CCOCCCOc1ccc(CC(N)CC)cc1OCC. The molecule has 0 amide bonds. The number of nitrogens with two attached hydrogens (primary N) is 1. The van der Waals surface area contributed by atoms with Crippen LogP contribution in [-0.2, 0) is 11.2 Å². The van der Waals surface area contributed by atoms with Crippen LogP contribution in [-0.4, -0.2) is 32.5 Å². The average molecular weight is 295 g/mol. The Bertz CT molecular complexity index is 396. The molecule has 0 heterocycles. The molecule has 1 aromatic carbocycles. The maximum atomic E-state index is 6.01. The summed E-state index contributed by atoms with van der Waals surface area (Å²) in [5, 5.41) is 0. The van der Waals surface area contributed by atoms with E-state index in [4.69, 9.17) is 19.9 Å². The van der Waals surface area contributed by atoms with Gasteiger partial charge in [-0.05, 0) is 44.4 Å². The van der Waals surface area contributed by atoms with E-state index in [1.54, 1.807) is 0 Å². The van der Waals surface area contributed by atoms with E-state index in [9.17, 15) is 0 Å². The molecule has 0 aromatic heterocycles. The predicted molar refractivity (Wildman–Crippen MR) is 86.2 cm³/mol. The molecular formula is C17H29NO3. The molecule has 0 aliphatic heterocycles. The first kappa shape index (κ1) is 17.8. The maximum Gasteiger partial charge on any atom is 0.161 e. The second kappa shape index (κ2) is 10.5. The number of ether oxygens (including phenoxy) is 3. The minimum atomic E-state index is 0.192. The Labute approximate surface area is 128 Å². The van der Waals surface area contributed by atoms with Crippen LogP contribution in [0, 0.1) is 0 Å². The zero-order chi connectivity index (χ0) is 15.5. The lowest BCUT2D eigenvalue weighted by molar-refractivity contribution is 0.130. The monoisotopic (exact) mass is 295 g/mol. The second-order valence-corrected chi connectivity index (χ2v) is 4.99. The summed E-state index contributed by atoms with van der Waals surface area (Å²) in [5.41, 5.74) is 7.20. The predicted octanol–water partition coefficient (Wildman–Crippen LogP) is 3.17. The van der Waals surface area contributed by atoms with Crippen LogP contribution in [0.2, 0.25) is 0 Å². The van der Waals surface area contributed by atoms with Gasteiger partial charge in [0.25, 0.3) is 0 Å². The highest BCUT2D eigenvalue weighted by molar-refractivity contribution is 5.43. The Morgan fingerprint density at radius 3 is 2.48 bits per heavy atom. The highest BCUT2D eigenvalue weighted by Crippen LogP contribution is 2.29. The van der Waals surface area contributed by atoms with Gasteiger partial charge in [0.15, 0.2) is 11.5 Å². The van der Waals surface area contributed by atoms with Gasteiger partial charge in [0.2, 0.25) is 0 Å². The summed E-state index contributed by atoms with van der Waals surface area (Å²) in [6.45, 7) is 8.80. The summed E-state index contributed by atoms with van der Waals surface area (Å²) >= 11 is 0. The molecule has 120 valence electrons. The van der Waals surface area contributed by atoms with Gasteiger partial charge in [-0.15, -0.1) is 0 Å². The molecule has 1 atom stereocenters. The normalized spacial score (nSPS) is 12.2. The second-order valence-electron chi connectivity index (χ2n) is 4.99. The van der Waals surface area contributed by atoms with Crippen molar-refractivity contribution >= 4 is 0 Å². The zero-order valence-corrected chi connectivity index (χ0v) is 13.6. The van der Waals surface area contributed by atoms with Gasteiger partial charge >= 0.3 is 0 Å². The quantitative estimate of drug-likeness (QED) is 0.637. The topological polar surface area (TPSA) is 53.7 Å². The molecule has 1 rings (SSSR count). The van der Waals surface area contributed by atoms with Crippen LogP contribution >= 0.6 is 0 Å². The van der Waals surface area contributed by atoms with Crippen LogP contribution in [0.4, 0.5) is 0 Å². The van der Waals surface area contributed by atoms with Crippen LogP contribution in [0.1, 0.15) is 39.2 Å². The zero-order valence-electron chi connectivity index (χ0n) is 13.6. The molecule has 0 radical (unpaired) electrons. The van der Waals surface area contributed by atoms with E-state index in [0.717, 1.165) is 44.0 Å². The summed E-state index contributed by atoms with van der Waals surface area (Å²) in [7, 11) is 0. The molecule has 2 N–H and O–H groups in total. The Kier molecular flexibility index (Phi) is 8.87. The van der Waals surface area contributed by atoms with Crippen molar-refractivity contribution in [2.24, 2.45) is 5.73 Å². The van der Waals surface area contributed by atoms with Gasteiger partial charge in [0.1, 0.15) is 0 Å². The smallest absolute Gasteiger partial charge is 0.161 e. The fourth-order valence-corrected chi connectivity index (χ4v) is 2.00. The van der Waals surface area contributed by atoms with E-state index in [1.807, 2.05) is 26.0 Å². The van der Waals surface area contributed by atoms with Gasteiger partial charge in [-0.25, -0.2) is 0 Å². The third-order valence-corrected chi connectivity index (χ3v) is 3.22. The molecule has 0 bridgehead atoms. The minimum Gasteiger partial charge on any atom is -0.490 e. The van der Waals surface area contributed by atoms with Crippen molar-refractivity contribution in [3.05, 3.63) is 23.8 Å². The van der Waals surface area contributed by atoms with Gasteiger partial charge in [-0.2, -0.15) is 0 Å². The molecule has 0 fully saturated rings. The van der Waals surface area contributed by atoms with E-state index < -0.39 is 0 Å². The Morgan fingerprint density at radius 1 is 1.00 bits per heavy atom. The molecule has 1 unspecified atom stereocenters. The van der Waals surface area contributed by atoms with Crippen LogP contribution in [0.3, 0.4) is 0 Å². The third kappa shape index (κ3) is 6.82. The van der Waals surface area contributed by atoms with E-state index in [-0.39, 0.29) is 6.04 Å². The van der Waals surface area contributed by atoms with Crippen molar-refractivity contribution < 1.29 is 14.2 Å². The number of rotatable bonds is 11. The lowest BCUT2D eigenvalue weighted by Crippen LogP contribution is -2.21. The van der Waals surface area contributed by atoms with Gasteiger partial charge < -0.3 is 19.9 Å². The summed E-state index contributed by atoms with van der Waals surface area (Å²) in [6, 6.07) is 6.27. The lowest BCUT2D eigenvalue weighted by Gasteiger charge is -2.15. The summed E-state index contributed by atoms with van der Waals surface area (Å²) in [5.74, 6) is 1.59. The molecule has 0 saturated carbocycles. The van der Waals surface area contributed by atoms with Crippen molar-refractivity contribution in [3.8, 4) is 11.5 Å². The van der Waals surface area contributed by atoms with Crippen molar-refractivity contribution in [1.29, 1.82) is 0 Å². The maximum absolute atomic E-state index is 6.01. The molecule has 0 aliphatic rings. The fourth-order valence-electron chi connectivity index (χ4n) is 2.00. The standard InChI is InChI=1S/C17H29NO3/c1-4-15(18)12-14-8-9-16(17(13-14)20-6-3)21-11-7-10-19-5-2/h8-9,13,15H,4-7,10-12,18H2,1-3H3. The summed E-state index contributed by atoms with van der Waals surface area (Å²) in [4.78, 5) is 0. The van der Waals surface area contributed by atoms with Crippen molar-refractivity contribution in [1.82, 2.24) is 0 Å². The summed E-state index contributed by atoms with van der Waals surface area (Å²) in [6.07, 6.45) is 2.71. The largest absolute Gasteiger partial charge is 0.490 e. The Morgan fingerprint density at radius 2 is 1.81 bits per heavy atom. The molecule has 4 nitrogen and oxygen atoms in total. The van der Waals surface area contributed by atoms with E-state index >= 15 is 0 Å². The first-order chi connectivity index (χ1) is 10.2. The average Bonchev–Trinajstić information content (AvgIpc) is 2.49. The Hall–Kier alpha value is -1.26. The van der Waals surface area contributed by atoms with Crippen LogP contribution in [0.15, 0.2) is 18.2 Å². The molecule has 21 heavy (non-hydrogen) atoms. The molecule has 1 aromatic rings. The third-order valence-electron chi connectivity index (χ3n) is 3.22. The minimum absolute atomic E-state index is 0.192. The van der Waals surface area contributed by atoms with Gasteiger partial charge in [-0.1, -0.05) is 13.0 Å². The van der Waals surface area contributed by atoms with Crippen molar-refractivity contribution in [3.63, 3.8) is 0 Å². The highest BCUT2D eigenvalue weighted by Gasteiger charge is 2.08.